The predicted octanol–water partition coefficient (Wildman–Crippen LogP) is 4.06. The summed E-state index contributed by atoms with van der Waals surface area (Å²) in [6.45, 7) is 8.39. The van der Waals surface area contributed by atoms with Crippen molar-refractivity contribution >= 4 is 17.5 Å². The molecule has 1 N–H and O–H groups in total. The van der Waals surface area contributed by atoms with Gasteiger partial charge in [0, 0.05) is 38.5 Å². The van der Waals surface area contributed by atoms with E-state index in [-0.39, 0.29) is 38.8 Å². The first-order valence-corrected chi connectivity index (χ1v) is 8.04. The van der Waals surface area contributed by atoms with Crippen molar-refractivity contribution in [2.24, 2.45) is 0 Å². The van der Waals surface area contributed by atoms with Crippen molar-refractivity contribution in [3.63, 3.8) is 0 Å². The second kappa shape index (κ2) is 10.2. The van der Waals surface area contributed by atoms with Gasteiger partial charge in [0.1, 0.15) is 18.2 Å². The number of benzene rings is 1. The first-order chi connectivity index (χ1) is 11.0. The summed E-state index contributed by atoms with van der Waals surface area (Å²) in [7, 11) is 0. The molecular formula is C17H22ClN4OY-. The number of para-hydroxylation sites is 1. The van der Waals surface area contributed by atoms with Crippen LogP contribution < -0.4 is 10.1 Å². The Morgan fingerprint density at radius 1 is 1.21 bits per heavy atom. The Balaban J connectivity index is 0.00000288. The standard InChI is InChI=1S/C17H22ClN4O.Y/c1-5-13(10-23-15-9-7-6-8-14(15)18)21-17-20-12(4)19-16(22-17)11(2)3;/h6-9,13H,5,10H2,1-4H3,(H,19,20,21,22);/q-1;. The zero-order valence-corrected chi connectivity index (χ0v) is 18.1. The molecule has 5 nitrogen and oxygen atoms in total. The van der Waals surface area contributed by atoms with Crippen LogP contribution >= 0.6 is 11.6 Å². The van der Waals surface area contributed by atoms with Gasteiger partial charge in [0.15, 0.2) is 0 Å². The van der Waals surface area contributed by atoms with Crippen LogP contribution in [0, 0.1) is 12.8 Å². The average Bonchev–Trinajstić information content (AvgIpc) is 2.52. The van der Waals surface area contributed by atoms with E-state index >= 15 is 0 Å². The molecule has 1 heterocycles. The summed E-state index contributed by atoms with van der Waals surface area (Å²) in [6, 6.07) is 7.53. The van der Waals surface area contributed by atoms with E-state index in [1.165, 1.54) is 0 Å². The molecule has 2 aromatic rings. The molecule has 0 aliphatic carbocycles. The maximum Gasteiger partial charge on any atom is 0.223 e. The van der Waals surface area contributed by atoms with Gasteiger partial charge in [0.2, 0.25) is 5.95 Å². The molecule has 7 heteroatoms. The Morgan fingerprint density at radius 3 is 2.54 bits per heavy atom. The molecule has 0 saturated carbocycles. The molecule has 2 rings (SSSR count). The Labute approximate surface area is 173 Å². The van der Waals surface area contributed by atoms with Crippen LogP contribution in [-0.4, -0.2) is 27.6 Å². The van der Waals surface area contributed by atoms with Gasteiger partial charge in [-0.3, -0.25) is 4.98 Å². The van der Waals surface area contributed by atoms with Crippen molar-refractivity contribution in [2.45, 2.75) is 40.2 Å². The minimum Gasteiger partial charge on any atom is -0.490 e. The van der Waals surface area contributed by atoms with Gasteiger partial charge in [0.25, 0.3) is 0 Å². The van der Waals surface area contributed by atoms with Crippen molar-refractivity contribution in [1.82, 2.24) is 15.0 Å². The number of ether oxygens (including phenoxy) is 1. The molecule has 127 valence electrons. The second-order valence-corrected chi connectivity index (χ2v) is 5.93. The Bertz CT molecular complexity index is 654. The maximum absolute atomic E-state index is 6.11. The number of anilines is 1. The van der Waals surface area contributed by atoms with Crippen LogP contribution in [-0.2, 0) is 32.7 Å². The van der Waals surface area contributed by atoms with Crippen molar-refractivity contribution in [3.8, 4) is 5.75 Å². The number of halogens is 1. The SMILES string of the molecule is CCC(COc1ccccc1Cl)Nc1nc(C)nc([C-](C)C)n1.[Y]. The van der Waals surface area contributed by atoms with Gasteiger partial charge in [-0.05, 0) is 25.5 Å². The van der Waals surface area contributed by atoms with Gasteiger partial charge >= 0.3 is 0 Å². The van der Waals surface area contributed by atoms with Crippen LogP contribution in [0.4, 0.5) is 5.95 Å². The molecule has 0 spiro atoms. The van der Waals surface area contributed by atoms with Crippen molar-refractivity contribution in [2.75, 3.05) is 11.9 Å². The number of rotatable bonds is 7. The smallest absolute Gasteiger partial charge is 0.223 e. The van der Waals surface area contributed by atoms with Crippen LogP contribution in [0.2, 0.25) is 5.02 Å². The average molecular weight is 423 g/mol. The maximum atomic E-state index is 6.11. The molecule has 0 bridgehead atoms. The molecule has 0 fully saturated rings. The third-order valence-electron chi connectivity index (χ3n) is 3.30. The second-order valence-electron chi connectivity index (χ2n) is 5.52. The molecule has 0 amide bonds. The van der Waals surface area contributed by atoms with Crippen molar-refractivity contribution in [1.29, 1.82) is 0 Å². The zero-order chi connectivity index (χ0) is 16.8. The van der Waals surface area contributed by atoms with E-state index in [2.05, 4.69) is 27.2 Å². The van der Waals surface area contributed by atoms with Crippen molar-refractivity contribution < 1.29 is 37.4 Å². The van der Waals surface area contributed by atoms with E-state index in [0.29, 0.717) is 35.0 Å². The topological polar surface area (TPSA) is 59.9 Å². The quantitative estimate of drug-likeness (QED) is 0.682. The molecule has 24 heavy (non-hydrogen) atoms. The normalized spacial score (nSPS) is 11.4. The van der Waals surface area contributed by atoms with Gasteiger partial charge in [0.05, 0.1) is 11.1 Å². The van der Waals surface area contributed by atoms with Crippen molar-refractivity contribution in [3.05, 3.63) is 46.9 Å². The monoisotopic (exact) mass is 422 g/mol. The number of aromatic nitrogens is 3. The fraction of sp³-hybridized carbons (Fsp3) is 0.412. The first kappa shape index (κ1) is 21.1. The van der Waals surface area contributed by atoms with Crippen LogP contribution in [0.5, 0.6) is 5.75 Å². The van der Waals surface area contributed by atoms with Gasteiger partial charge in [-0.15, -0.1) is 0 Å². The molecule has 1 aromatic heterocycles. The van der Waals surface area contributed by atoms with Crippen LogP contribution in [0.1, 0.15) is 38.8 Å². The number of hydrogen-bond acceptors (Lipinski definition) is 5. The summed E-state index contributed by atoms with van der Waals surface area (Å²) in [5.41, 5.74) is 0. The Hall–Kier alpha value is -0.906. The van der Waals surface area contributed by atoms with Gasteiger partial charge < -0.3 is 16.0 Å². The summed E-state index contributed by atoms with van der Waals surface area (Å²) in [4.78, 5) is 13.1. The van der Waals surface area contributed by atoms with E-state index in [1.807, 2.05) is 45.0 Å². The van der Waals surface area contributed by atoms with Gasteiger partial charge in [-0.1, -0.05) is 30.7 Å². The molecule has 0 saturated heterocycles. The number of aryl methyl sites for hydroxylation is 1. The number of hydrogen-bond donors (Lipinski definition) is 1. The summed E-state index contributed by atoms with van der Waals surface area (Å²) in [5.74, 6) is 3.71. The third kappa shape index (κ3) is 6.19. The molecule has 1 unspecified atom stereocenters. The molecule has 0 aliphatic heterocycles. The molecule has 0 aliphatic rings. The Kier molecular flexibility index (Phi) is 8.96. The van der Waals surface area contributed by atoms with E-state index in [1.54, 1.807) is 0 Å². The minimum atomic E-state index is 0. The summed E-state index contributed by atoms with van der Waals surface area (Å²) < 4.78 is 5.80. The van der Waals surface area contributed by atoms with Crippen LogP contribution in [0.25, 0.3) is 0 Å². The molecular weight excluding hydrogens is 401 g/mol. The van der Waals surface area contributed by atoms with Crippen LogP contribution in [0.15, 0.2) is 24.3 Å². The minimum absolute atomic E-state index is 0. The number of nitrogens with one attached hydrogen (secondary N) is 1. The molecule has 1 aromatic carbocycles. The fourth-order valence-electron chi connectivity index (χ4n) is 1.97. The largest absolute Gasteiger partial charge is 0.490 e. The van der Waals surface area contributed by atoms with Gasteiger partial charge in [-0.25, -0.2) is 4.98 Å². The summed E-state index contributed by atoms with van der Waals surface area (Å²) in [6.07, 6.45) is 0.874. The zero-order valence-electron chi connectivity index (χ0n) is 14.5. The molecule has 1 atom stereocenters. The third-order valence-corrected chi connectivity index (χ3v) is 3.61. The molecule has 1 radical (unpaired) electrons. The van der Waals surface area contributed by atoms with E-state index in [4.69, 9.17) is 16.3 Å². The fourth-order valence-corrected chi connectivity index (χ4v) is 2.16. The van der Waals surface area contributed by atoms with E-state index in [9.17, 15) is 0 Å². The van der Waals surface area contributed by atoms with E-state index < -0.39 is 0 Å². The van der Waals surface area contributed by atoms with E-state index in [0.717, 1.165) is 12.3 Å². The number of nitrogens with zero attached hydrogens (tertiary/aromatic N) is 3. The Morgan fingerprint density at radius 2 is 1.92 bits per heavy atom. The first-order valence-electron chi connectivity index (χ1n) is 7.66. The summed E-state index contributed by atoms with van der Waals surface area (Å²) >= 11 is 6.11. The van der Waals surface area contributed by atoms with Gasteiger partial charge in [-0.2, -0.15) is 18.8 Å². The van der Waals surface area contributed by atoms with Crippen LogP contribution in [0.3, 0.4) is 0 Å². The predicted molar refractivity (Wildman–Crippen MR) is 92.9 cm³/mol. The summed E-state index contributed by atoms with van der Waals surface area (Å²) in [5, 5.41) is 3.92.